The van der Waals surface area contributed by atoms with Crippen LogP contribution >= 0.6 is 0 Å². The van der Waals surface area contributed by atoms with Crippen molar-refractivity contribution in [2.45, 2.75) is 13.0 Å². The number of aliphatic imine (C=N–C) groups is 2. The molecular formula is C33H27N7O4. The van der Waals surface area contributed by atoms with Crippen molar-refractivity contribution < 1.29 is 14.4 Å². The van der Waals surface area contributed by atoms with Crippen LogP contribution in [0.25, 0.3) is 5.69 Å². The number of methoxy groups -OCH3 is 2. The zero-order chi connectivity index (χ0) is 30.4. The third-order valence-corrected chi connectivity index (χ3v) is 7.70. The predicted octanol–water partition coefficient (Wildman–Crippen LogP) is 6.90. The summed E-state index contributed by atoms with van der Waals surface area (Å²) in [4.78, 5) is 23.8. The highest BCUT2D eigenvalue weighted by atomic mass is 16.6. The van der Waals surface area contributed by atoms with Crippen LogP contribution in [-0.2, 0) is 0 Å². The van der Waals surface area contributed by atoms with Gasteiger partial charge in [-0.1, -0.05) is 42.5 Å². The highest BCUT2D eigenvalue weighted by molar-refractivity contribution is 6.51. The van der Waals surface area contributed by atoms with Crippen molar-refractivity contribution in [3.05, 3.63) is 124 Å². The summed E-state index contributed by atoms with van der Waals surface area (Å²) in [6.45, 7) is 1.94. The minimum Gasteiger partial charge on any atom is -0.497 e. The summed E-state index contributed by atoms with van der Waals surface area (Å²) in [5, 5.41) is 20.3. The van der Waals surface area contributed by atoms with Gasteiger partial charge in [0.1, 0.15) is 11.5 Å². The first-order valence-electron chi connectivity index (χ1n) is 13.9. The fourth-order valence-electron chi connectivity index (χ4n) is 5.70. The normalized spacial score (nSPS) is 14.9. The smallest absolute Gasteiger partial charge is 0.269 e. The number of fused-ring (bicyclic) bond motifs is 4. The van der Waals surface area contributed by atoms with Gasteiger partial charge in [0.25, 0.3) is 5.69 Å². The fourth-order valence-corrected chi connectivity index (χ4v) is 5.70. The summed E-state index contributed by atoms with van der Waals surface area (Å²) in [5.74, 6) is 2.84. The second kappa shape index (κ2) is 10.7. The number of nitrogens with zero attached hydrogens (tertiary/aromatic N) is 6. The zero-order valence-corrected chi connectivity index (χ0v) is 24.1. The van der Waals surface area contributed by atoms with E-state index in [4.69, 9.17) is 24.6 Å². The Hall–Kier alpha value is -5.97. The molecule has 0 saturated carbocycles. The number of nitro groups is 1. The average molecular weight is 586 g/mol. The van der Waals surface area contributed by atoms with Crippen molar-refractivity contribution in [3.8, 4) is 17.2 Å². The van der Waals surface area contributed by atoms with Gasteiger partial charge < -0.3 is 19.7 Å². The Morgan fingerprint density at radius 1 is 0.886 bits per heavy atom. The molecule has 0 aliphatic carbocycles. The molecule has 11 heteroatoms. The zero-order valence-electron chi connectivity index (χ0n) is 24.1. The SMILES string of the molecule is COc1ccc(NC2=Nc3ccccc3N3C2=Nc2c(c(C)nn2-c2ccccc2)C3c2cccc([N+](=O)[O-])c2)c(OC)c1. The van der Waals surface area contributed by atoms with Crippen LogP contribution in [0.1, 0.15) is 22.9 Å². The van der Waals surface area contributed by atoms with Gasteiger partial charge in [-0.3, -0.25) is 10.1 Å². The van der Waals surface area contributed by atoms with Gasteiger partial charge in [0.2, 0.25) is 0 Å². The molecule has 1 atom stereocenters. The number of ether oxygens (including phenoxy) is 2. The summed E-state index contributed by atoms with van der Waals surface area (Å²) in [6.07, 6.45) is 0. The van der Waals surface area contributed by atoms with Crippen molar-refractivity contribution in [2.24, 2.45) is 9.98 Å². The molecule has 11 nitrogen and oxygen atoms in total. The maximum atomic E-state index is 11.9. The lowest BCUT2D eigenvalue weighted by Crippen LogP contribution is -2.46. The molecule has 0 spiro atoms. The minimum absolute atomic E-state index is 0.00139. The summed E-state index contributed by atoms with van der Waals surface area (Å²) >= 11 is 0. The third kappa shape index (κ3) is 4.42. The van der Waals surface area contributed by atoms with Crippen LogP contribution in [0.5, 0.6) is 11.5 Å². The van der Waals surface area contributed by atoms with Crippen molar-refractivity contribution >= 4 is 40.2 Å². The first kappa shape index (κ1) is 26.9. The highest BCUT2D eigenvalue weighted by Gasteiger charge is 2.42. The second-order valence-corrected chi connectivity index (χ2v) is 10.3. The van der Waals surface area contributed by atoms with Gasteiger partial charge in [-0.05, 0) is 48.9 Å². The summed E-state index contributed by atoms with van der Waals surface area (Å²) in [6, 6.07) is 29.2. The monoisotopic (exact) mass is 585 g/mol. The number of hydrogen-bond acceptors (Lipinski definition) is 9. The molecule has 4 aromatic carbocycles. The number of nitrogens with one attached hydrogen (secondary N) is 1. The summed E-state index contributed by atoms with van der Waals surface area (Å²) < 4.78 is 12.9. The summed E-state index contributed by atoms with van der Waals surface area (Å²) in [7, 11) is 3.19. The lowest BCUT2D eigenvalue weighted by Gasteiger charge is -2.40. The van der Waals surface area contributed by atoms with Crippen LogP contribution in [0.3, 0.4) is 0 Å². The molecule has 0 fully saturated rings. The predicted molar refractivity (Wildman–Crippen MR) is 170 cm³/mol. The van der Waals surface area contributed by atoms with E-state index >= 15 is 0 Å². The molecule has 3 heterocycles. The minimum atomic E-state index is -0.499. The maximum absolute atomic E-state index is 11.9. The molecule has 1 aromatic heterocycles. The van der Waals surface area contributed by atoms with E-state index in [1.54, 1.807) is 32.4 Å². The van der Waals surface area contributed by atoms with Crippen LogP contribution < -0.4 is 19.7 Å². The van der Waals surface area contributed by atoms with Crippen molar-refractivity contribution in [3.63, 3.8) is 0 Å². The average Bonchev–Trinajstić information content (AvgIpc) is 3.40. The number of benzene rings is 4. The Morgan fingerprint density at radius 3 is 2.45 bits per heavy atom. The number of hydrogen-bond donors (Lipinski definition) is 1. The number of rotatable bonds is 6. The van der Waals surface area contributed by atoms with Crippen molar-refractivity contribution in [1.29, 1.82) is 0 Å². The number of aromatic nitrogens is 2. The first-order valence-corrected chi connectivity index (χ1v) is 13.9. The Kier molecular flexibility index (Phi) is 6.54. The molecule has 5 aromatic rings. The van der Waals surface area contributed by atoms with E-state index in [9.17, 15) is 10.1 Å². The number of anilines is 2. The van der Waals surface area contributed by atoms with Gasteiger partial charge in [0.05, 0.1) is 53.6 Å². The standard InChI is InChI=1S/C33H27N7O4/c1-20-29-30(21-10-9-13-23(18-21)40(41)42)38-27-15-8-7-14-25(27)34-31(35-26-17-16-24(43-2)19-28(26)44-3)33(38)36-32(29)39(37-20)22-11-5-4-6-12-22/h4-19,30H,1-3H3,(H,34,35). The molecule has 44 heavy (non-hydrogen) atoms. The van der Waals surface area contributed by atoms with Gasteiger partial charge in [-0.15, -0.1) is 0 Å². The van der Waals surface area contributed by atoms with Crippen LogP contribution in [0, 0.1) is 17.0 Å². The molecule has 1 unspecified atom stereocenters. The van der Waals surface area contributed by atoms with Crippen LogP contribution in [0.2, 0.25) is 0 Å². The largest absolute Gasteiger partial charge is 0.497 e. The van der Waals surface area contributed by atoms with E-state index in [-0.39, 0.29) is 10.6 Å². The van der Waals surface area contributed by atoms with Crippen LogP contribution in [-0.4, -0.2) is 40.6 Å². The van der Waals surface area contributed by atoms with E-state index in [1.807, 2.05) is 84.4 Å². The van der Waals surface area contributed by atoms with Crippen molar-refractivity contribution in [2.75, 3.05) is 24.4 Å². The van der Waals surface area contributed by atoms with Gasteiger partial charge in [0.15, 0.2) is 17.5 Å². The number of amidine groups is 2. The highest BCUT2D eigenvalue weighted by Crippen LogP contribution is 2.48. The van der Waals surface area contributed by atoms with E-state index < -0.39 is 6.04 Å². The molecule has 0 saturated heterocycles. The van der Waals surface area contributed by atoms with Gasteiger partial charge >= 0.3 is 0 Å². The van der Waals surface area contributed by atoms with E-state index in [0.717, 1.165) is 28.2 Å². The quantitative estimate of drug-likeness (QED) is 0.170. The first-order chi connectivity index (χ1) is 21.5. The summed E-state index contributed by atoms with van der Waals surface area (Å²) in [5.41, 5.74) is 5.36. The van der Waals surface area contributed by atoms with E-state index in [2.05, 4.69) is 10.2 Å². The Balaban J connectivity index is 1.49. The van der Waals surface area contributed by atoms with Crippen LogP contribution in [0.15, 0.2) is 107 Å². The van der Waals surface area contributed by atoms with E-state index in [0.29, 0.717) is 40.4 Å². The Bertz CT molecular complexity index is 1980. The van der Waals surface area contributed by atoms with Gasteiger partial charge in [0, 0.05) is 23.8 Å². The number of nitro benzene ring substituents is 1. The van der Waals surface area contributed by atoms with Crippen LogP contribution in [0.4, 0.5) is 28.6 Å². The van der Waals surface area contributed by atoms with E-state index in [1.165, 1.54) is 6.07 Å². The maximum Gasteiger partial charge on any atom is 0.269 e. The Labute approximate surface area is 252 Å². The second-order valence-electron chi connectivity index (χ2n) is 10.3. The molecule has 7 rings (SSSR count). The lowest BCUT2D eigenvalue weighted by molar-refractivity contribution is -0.384. The number of para-hydroxylation sites is 3. The molecule has 2 aliphatic rings. The third-order valence-electron chi connectivity index (χ3n) is 7.70. The number of aryl methyl sites for hydroxylation is 1. The topological polar surface area (TPSA) is 119 Å². The molecule has 0 bridgehead atoms. The fraction of sp³-hybridized carbons (Fsp3) is 0.121. The molecule has 1 N–H and O–H groups in total. The lowest BCUT2D eigenvalue weighted by atomic mass is 9.93. The number of non-ortho nitro benzene ring substituents is 1. The molecular weight excluding hydrogens is 558 g/mol. The molecule has 0 amide bonds. The van der Waals surface area contributed by atoms with Gasteiger partial charge in [-0.25, -0.2) is 14.7 Å². The Morgan fingerprint density at radius 2 is 1.68 bits per heavy atom. The molecule has 2 aliphatic heterocycles. The van der Waals surface area contributed by atoms with Gasteiger partial charge in [-0.2, -0.15) is 5.10 Å². The molecule has 0 radical (unpaired) electrons. The molecule has 218 valence electrons. The van der Waals surface area contributed by atoms with Crippen molar-refractivity contribution in [1.82, 2.24) is 9.78 Å².